The summed E-state index contributed by atoms with van der Waals surface area (Å²) >= 11 is 3.44. The van der Waals surface area contributed by atoms with Crippen LogP contribution in [0.25, 0.3) is 0 Å². The van der Waals surface area contributed by atoms with Gasteiger partial charge in [-0.25, -0.2) is 13.1 Å². The maximum Gasteiger partial charge on any atom is 0.240 e. The van der Waals surface area contributed by atoms with E-state index in [4.69, 9.17) is 0 Å². The van der Waals surface area contributed by atoms with Gasteiger partial charge in [0.05, 0.1) is 17.0 Å². The zero-order valence-corrected chi connectivity index (χ0v) is 16.1. The highest BCUT2D eigenvalue weighted by Crippen LogP contribution is 2.32. The molecular formula is C19H20BrNO3S. The average Bonchev–Trinajstić information content (AvgIpc) is 3.24. The molecule has 0 saturated heterocycles. The number of sulfonamides is 1. The van der Waals surface area contributed by atoms with Gasteiger partial charge in [0.15, 0.2) is 0 Å². The molecule has 0 amide bonds. The number of halogens is 1. The Hall–Kier alpha value is -1.47. The van der Waals surface area contributed by atoms with Crippen LogP contribution in [-0.2, 0) is 10.0 Å². The van der Waals surface area contributed by atoms with E-state index in [9.17, 15) is 13.5 Å². The van der Waals surface area contributed by atoms with Crippen LogP contribution in [0.15, 0.2) is 76.2 Å². The molecule has 1 unspecified atom stereocenters. The molecule has 4 nitrogen and oxygen atoms in total. The second-order valence-corrected chi connectivity index (χ2v) is 8.89. The smallest absolute Gasteiger partial charge is 0.240 e. The van der Waals surface area contributed by atoms with Crippen LogP contribution >= 0.6 is 15.9 Å². The predicted octanol–water partition coefficient (Wildman–Crippen LogP) is 3.21. The van der Waals surface area contributed by atoms with E-state index < -0.39 is 22.2 Å². The number of hydrogen-bond acceptors (Lipinski definition) is 3. The van der Waals surface area contributed by atoms with Crippen molar-refractivity contribution in [1.82, 2.24) is 4.72 Å². The number of aryl methyl sites for hydroxylation is 1. The maximum atomic E-state index is 12.8. The molecule has 0 heterocycles. The summed E-state index contributed by atoms with van der Waals surface area (Å²) in [6, 6.07) is 6.00. The van der Waals surface area contributed by atoms with Crippen molar-refractivity contribution in [3.05, 3.63) is 76.8 Å². The molecule has 2 aliphatic rings. The molecule has 132 valence electrons. The van der Waals surface area contributed by atoms with E-state index in [1.54, 1.807) is 24.3 Å². The highest BCUT2D eigenvalue weighted by Gasteiger charge is 2.36. The molecule has 2 N–H and O–H groups in total. The first-order valence-electron chi connectivity index (χ1n) is 8.04. The van der Waals surface area contributed by atoms with Gasteiger partial charge in [0.1, 0.15) is 0 Å². The van der Waals surface area contributed by atoms with E-state index in [-0.39, 0.29) is 16.7 Å². The number of benzene rings is 1. The molecular weight excluding hydrogens is 402 g/mol. The van der Waals surface area contributed by atoms with Crippen molar-refractivity contribution in [2.75, 3.05) is 0 Å². The van der Waals surface area contributed by atoms with Crippen molar-refractivity contribution < 1.29 is 13.5 Å². The normalized spacial score (nSPS) is 22.4. The molecule has 0 radical (unpaired) electrons. The van der Waals surface area contributed by atoms with Gasteiger partial charge >= 0.3 is 0 Å². The van der Waals surface area contributed by atoms with Crippen molar-refractivity contribution in [3.63, 3.8) is 0 Å². The molecule has 3 rings (SSSR count). The lowest BCUT2D eigenvalue weighted by molar-refractivity contribution is 0.103. The number of aliphatic hydroxyl groups excluding tert-OH is 1. The Balaban J connectivity index is 1.88. The van der Waals surface area contributed by atoms with Crippen molar-refractivity contribution >= 4 is 26.0 Å². The number of rotatable bonds is 6. The minimum atomic E-state index is -3.74. The van der Waals surface area contributed by atoms with E-state index in [1.807, 2.05) is 49.5 Å². The molecule has 0 spiro atoms. The highest BCUT2D eigenvalue weighted by atomic mass is 79.9. The number of allylic oxidation sites excluding steroid dienone is 4. The second kappa shape index (κ2) is 7.41. The lowest BCUT2D eigenvalue weighted by Gasteiger charge is -2.30. The van der Waals surface area contributed by atoms with Gasteiger partial charge in [-0.15, -0.1) is 0 Å². The van der Waals surface area contributed by atoms with Crippen LogP contribution in [0.2, 0.25) is 0 Å². The van der Waals surface area contributed by atoms with Crippen LogP contribution in [0.1, 0.15) is 5.56 Å². The third-order valence-corrected chi connectivity index (χ3v) is 6.71. The summed E-state index contributed by atoms with van der Waals surface area (Å²) in [5, 5.41) is 10.9. The van der Waals surface area contributed by atoms with Crippen molar-refractivity contribution in [3.8, 4) is 0 Å². The molecule has 1 aromatic rings. The molecule has 0 aromatic heterocycles. The zero-order valence-electron chi connectivity index (χ0n) is 13.7. The van der Waals surface area contributed by atoms with Gasteiger partial charge in [0.2, 0.25) is 10.0 Å². The Morgan fingerprint density at radius 3 is 2.28 bits per heavy atom. The molecule has 0 aliphatic heterocycles. The molecule has 0 bridgehead atoms. The summed E-state index contributed by atoms with van der Waals surface area (Å²) < 4.78 is 29.1. The Morgan fingerprint density at radius 2 is 1.72 bits per heavy atom. The van der Waals surface area contributed by atoms with Crippen LogP contribution in [0.5, 0.6) is 0 Å². The number of nitrogens with one attached hydrogen (secondary N) is 1. The first kappa shape index (κ1) is 18.3. The summed E-state index contributed by atoms with van der Waals surface area (Å²) in [4.78, 5) is 0.192. The van der Waals surface area contributed by atoms with Crippen molar-refractivity contribution in [2.24, 2.45) is 11.8 Å². The largest absolute Gasteiger partial charge is 0.390 e. The minimum absolute atomic E-state index is 0.192. The highest BCUT2D eigenvalue weighted by molar-refractivity contribution is 9.11. The van der Waals surface area contributed by atoms with Crippen LogP contribution in [0, 0.1) is 18.8 Å². The first-order valence-corrected chi connectivity index (χ1v) is 10.3. The van der Waals surface area contributed by atoms with Crippen LogP contribution in [-0.4, -0.2) is 25.7 Å². The third kappa shape index (κ3) is 4.03. The Morgan fingerprint density at radius 1 is 1.08 bits per heavy atom. The predicted molar refractivity (Wildman–Crippen MR) is 103 cm³/mol. The van der Waals surface area contributed by atoms with Gasteiger partial charge in [0, 0.05) is 16.3 Å². The second-order valence-electron chi connectivity index (χ2n) is 6.26. The van der Waals surface area contributed by atoms with Crippen LogP contribution < -0.4 is 4.72 Å². The summed E-state index contributed by atoms with van der Waals surface area (Å²) in [5.41, 5.74) is 0.988. The Labute approximate surface area is 156 Å². The standard InChI is InChI=1S/C19H20BrNO3S/c1-13-9-11-15(12-10-13)25(23,24)21-18(14-5-2-3-6-14)19(22)16-7-4-8-17(16)20/h2-12,14,16,18-19,21-22H,1H3/t16?,18-,19+/m0/s1. The van der Waals surface area contributed by atoms with Crippen LogP contribution in [0.4, 0.5) is 0 Å². The monoisotopic (exact) mass is 421 g/mol. The van der Waals surface area contributed by atoms with Gasteiger partial charge in [0.25, 0.3) is 0 Å². The van der Waals surface area contributed by atoms with E-state index in [2.05, 4.69) is 20.7 Å². The quantitative estimate of drug-likeness (QED) is 0.740. The van der Waals surface area contributed by atoms with Gasteiger partial charge < -0.3 is 5.11 Å². The molecule has 25 heavy (non-hydrogen) atoms. The van der Waals surface area contributed by atoms with Gasteiger partial charge in [-0.2, -0.15) is 0 Å². The molecule has 2 aliphatic carbocycles. The van der Waals surface area contributed by atoms with E-state index >= 15 is 0 Å². The van der Waals surface area contributed by atoms with E-state index in [1.165, 1.54) is 0 Å². The van der Waals surface area contributed by atoms with Crippen molar-refractivity contribution in [2.45, 2.75) is 24.0 Å². The molecule has 1 aromatic carbocycles. The molecule has 3 atom stereocenters. The van der Waals surface area contributed by atoms with Gasteiger partial charge in [-0.3, -0.25) is 0 Å². The lowest BCUT2D eigenvalue weighted by atomic mass is 9.89. The SMILES string of the molecule is Cc1ccc(S(=O)(=O)N[C@@H](C2C=CC=C2)[C@H](O)C2C=CC=C2Br)cc1. The summed E-state index contributed by atoms with van der Waals surface area (Å²) in [7, 11) is -3.74. The minimum Gasteiger partial charge on any atom is -0.390 e. The average molecular weight is 422 g/mol. The molecule has 0 saturated carbocycles. The van der Waals surface area contributed by atoms with Crippen molar-refractivity contribution in [1.29, 1.82) is 0 Å². The first-order chi connectivity index (χ1) is 11.9. The lowest BCUT2D eigenvalue weighted by Crippen LogP contribution is -2.49. The topological polar surface area (TPSA) is 66.4 Å². The third-order valence-electron chi connectivity index (χ3n) is 4.44. The van der Waals surface area contributed by atoms with E-state index in [0.29, 0.717) is 0 Å². The number of aliphatic hydroxyl groups is 1. The summed E-state index contributed by atoms with van der Waals surface area (Å²) in [6.45, 7) is 1.90. The van der Waals surface area contributed by atoms with Gasteiger partial charge in [-0.1, -0.05) is 76.2 Å². The maximum absolute atomic E-state index is 12.8. The fraction of sp³-hybridized carbons (Fsp3) is 0.263. The zero-order chi connectivity index (χ0) is 18.0. The number of hydrogen-bond donors (Lipinski definition) is 2. The Kier molecular flexibility index (Phi) is 5.43. The van der Waals surface area contributed by atoms with Crippen LogP contribution in [0.3, 0.4) is 0 Å². The summed E-state index contributed by atoms with van der Waals surface area (Å²) in [5.74, 6) is -0.474. The fourth-order valence-electron chi connectivity index (χ4n) is 3.00. The summed E-state index contributed by atoms with van der Waals surface area (Å²) in [6.07, 6.45) is 12.2. The molecule has 6 heteroatoms. The Bertz CT molecular complexity index is 841. The molecule has 0 fully saturated rings. The van der Waals surface area contributed by atoms with Gasteiger partial charge in [-0.05, 0) is 19.1 Å². The fourth-order valence-corrected chi connectivity index (χ4v) is 4.86. The van der Waals surface area contributed by atoms with E-state index in [0.717, 1.165) is 10.0 Å².